The van der Waals surface area contributed by atoms with Gasteiger partial charge in [-0.1, -0.05) is 17.9 Å². The Morgan fingerprint density at radius 2 is 1.77 bits per heavy atom. The van der Waals surface area contributed by atoms with Gasteiger partial charge in [0.15, 0.2) is 0 Å². The molecule has 0 aliphatic rings. The zero-order chi connectivity index (χ0) is 13.9. The Morgan fingerprint density at radius 3 is 2.45 bits per heavy atom. The average Bonchev–Trinajstić information content (AvgIpc) is 2.90. The van der Waals surface area contributed by atoms with Gasteiger partial charge in [0.25, 0.3) is 0 Å². The second-order valence-electron chi connectivity index (χ2n) is 4.35. The third-order valence-electron chi connectivity index (χ3n) is 2.94. The van der Waals surface area contributed by atoms with E-state index in [4.69, 9.17) is 5.73 Å². The van der Waals surface area contributed by atoms with Crippen molar-refractivity contribution < 1.29 is 4.39 Å². The van der Waals surface area contributed by atoms with Crippen LogP contribution in [-0.2, 0) is 6.54 Å². The lowest BCUT2D eigenvalue weighted by Gasteiger charge is -1.92. The monoisotopic (exact) mass is 337 g/mol. The molecule has 2 aromatic carbocycles. The molecule has 0 saturated carbocycles. The zero-order valence-electron chi connectivity index (χ0n) is 11.5. The normalized spacial score (nSPS) is 9.36. The summed E-state index contributed by atoms with van der Waals surface area (Å²) in [5.74, 6) is 6.54. The van der Waals surface area contributed by atoms with E-state index < -0.39 is 0 Å². The summed E-state index contributed by atoms with van der Waals surface area (Å²) in [5, 5.41) is 0. The number of nitrogens with two attached hydrogens (primary N) is 1. The number of hydrogen-bond acceptors (Lipinski definition) is 2. The van der Waals surface area contributed by atoms with Crippen molar-refractivity contribution in [2.45, 2.75) is 6.54 Å². The number of aromatic nitrogens is 2. The van der Waals surface area contributed by atoms with Crippen LogP contribution in [0.3, 0.4) is 0 Å². The van der Waals surface area contributed by atoms with Gasteiger partial charge in [-0.25, -0.2) is 9.37 Å². The number of halogens is 3. The van der Waals surface area contributed by atoms with Crippen LogP contribution < -0.4 is 5.73 Å². The smallest absolute Gasteiger partial charge is 0.123 e. The number of hydrogen-bond donors (Lipinski definition) is 2. The molecular weight excluding hydrogens is 324 g/mol. The van der Waals surface area contributed by atoms with Crippen LogP contribution in [0.15, 0.2) is 42.5 Å². The number of imidazole rings is 1. The van der Waals surface area contributed by atoms with E-state index in [1.54, 1.807) is 12.1 Å². The van der Waals surface area contributed by atoms with Crippen molar-refractivity contribution in [3.05, 3.63) is 65.2 Å². The number of aromatic amines is 1. The van der Waals surface area contributed by atoms with Gasteiger partial charge in [-0.3, -0.25) is 0 Å². The van der Waals surface area contributed by atoms with E-state index in [-0.39, 0.29) is 30.6 Å². The minimum absolute atomic E-state index is 0. The lowest BCUT2D eigenvalue weighted by atomic mass is 10.1. The Kier molecular flexibility index (Phi) is 6.39. The number of H-pyrrole nitrogens is 1. The van der Waals surface area contributed by atoms with Crippen LogP contribution in [0.2, 0.25) is 0 Å². The fraction of sp³-hybridized carbons (Fsp3) is 0.0625. The molecule has 0 amide bonds. The molecule has 3 nitrogen and oxygen atoms in total. The maximum absolute atomic E-state index is 12.8. The maximum atomic E-state index is 12.8. The molecule has 0 fully saturated rings. The highest BCUT2D eigenvalue weighted by Crippen LogP contribution is 2.15. The fourth-order valence-electron chi connectivity index (χ4n) is 1.95. The quantitative estimate of drug-likeness (QED) is 0.668. The van der Waals surface area contributed by atoms with Gasteiger partial charge in [-0.2, -0.15) is 0 Å². The van der Waals surface area contributed by atoms with E-state index in [1.165, 1.54) is 12.1 Å². The number of nitrogens with zero attached hydrogens (tertiary/aromatic N) is 1. The first kappa shape index (κ1) is 18.0. The number of fused-ring (bicyclic) bond motifs is 1. The molecule has 3 aromatic rings. The molecule has 6 heteroatoms. The minimum Gasteiger partial charge on any atom is -0.341 e. The van der Waals surface area contributed by atoms with Crippen molar-refractivity contribution in [1.29, 1.82) is 0 Å². The van der Waals surface area contributed by atoms with E-state index >= 15 is 0 Å². The minimum atomic E-state index is -0.266. The highest BCUT2D eigenvalue weighted by Gasteiger charge is 2.04. The van der Waals surface area contributed by atoms with Gasteiger partial charge in [0.05, 0.1) is 17.6 Å². The first-order valence-corrected chi connectivity index (χ1v) is 6.21. The molecule has 0 spiro atoms. The Balaban J connectivity index is 0.00000121. The number of benzene rings is 2. The average molecular weight is 338 g/mol. The van der Waals surface area contributed by atoms with Gasteiger partial charge in [-0.05, 0) is 36.4 Å². The summed E-state index contributed by atoms with van der Waals surface area (Å²) in [7, 11) is 0. The first-order chi connectivity index (χ1) is 9.76. The third-order valence-corrected chi connectivity index (χ3v) is 2.94. The Morgan fingerprint density at radius 1 is 1.05 bits per heavy atom. The fourth-order valence-corrected chi connectivity index (χ4v) is 1.95. The standard InChI is InChI=1S/C16H12FN3.2ClH/c17-13-8-5-11(6-9-13)4-7-12-2-1-3-14-16(12)20-15(10-18)19-14;;/h1-3,5-6,8-9H,10,18H2,(H,19,20);2*1H. The molecule has 0 saturated heterocycles. The molecule has 0 aliphatic heterocycles. The van der Waals surface area contributed by atoms with Crippen LogP contribution in [0.4, 0.5) is 4.39 Å². The predicted octanol–water partition coefficient (Wildman–Crippen LogP) is 3.40. The van der Waals surface area contributed by atoms with Gasteiger partial charge < -0.3 is 10.7 Å². The van der Waals surface area contributed by atoms with Crippen molar-refractivity contribution in [3.8, 4) is 11.8 Å². The van der Waals surface area contributed by atoms with E-state index in [1.807, 2.05) is 18.2 Å². The van der Waals surface area contributed by atoms with Crippen molar-refractivity contribution in [2.75, 3.05) is 0 Å². The lowest BCUT2D eigenvalue weighted by Crippen LogP contribution is -1.97. The topological polar surface area (TPSA) is 54.7 Å². The third kappa shape index (κ3) is 3.77. The van der Waals surface area contributed by atoms with Gasteiger partial charge in [-0.15, -0.1) is 24.8 Å². The van der Waals surface area contributed by atoms with Crippen LogP contribution in [0.1, 0.15) is 17.0 Å². The summed E-state index contributed by atoms with van der Waals surface area (Å²) < 4.78 is 12.8. The molecule has 3 rings (SSSR count). The molecule has 1 heterocycles. The second kappa shape index (κ2) is 7.81. The second-order valence-corrected chi connectivity index (χ2v) is 4.35. The summed E-state index contributed by atoms with van der Waals surface area (Å²) in [6.07, 6.45) is 0. The highest BCUT2D eigenvalue weighted by atomic mass is 35.5. The van der Waals surface area contributed by atoms with Crippen LogP contribution in [0.5, 0.6) is 0 Å². The Bertz CT molecular complexity index is 817. The molecule has 0 atom stereocenters. The molecule has 0 radical (unpaired) electrons. The van der Waals surface area contributed by atoms with Crippen molar-refractivity contribution >= 4 is 35.8 Å². The van der Waals surface area contributed by atoms with E-state index in [0.717, 1.165) is 28.0 Å². The molecule has 114 valence electrons. The number of para-hydroxylation sites is 1. The largest absolute Gasteiger partial charge is 0.341 e. The molecule has 0 aliphatic carbocycles. The molecule has 0 bridgehead atoms. The number of rotatable bonds is 1. The van der Waals surface area contributed by atoms with Gasteiger partial charge >= 0.3 is 0 Å². The molecule has 3 N–H and O–H groups in total. The van der Waals surface area contributed by atoms with Crippen molar-refractivity contribution in [3.63, 3.8) is 0 Å². The highest BCUT2D eigenvalue weighted by molar-refractivity contribution is 5.85. The lowest BCUT2D eigenvalue weighted by molar-refractivity contribution is 0.627. The number of nitrogens with one attached hydrogen (secondary N) is 1. The van der Waals surface area contributed by atoms with Crippen molar-refractivity contribution in [2.24, 2.45) is 5.73 Å². The van der Waals surface area contributed by atoms with Crippen LogP contribution in [0.25, 0.3) is 11.0 Å². The van der Waals surface area contributed by atoms with Crippen LogP contribution in [-0.4, -0.2) is 9.97 Å². The van der Waals surface area contributed by atoms with Crippen molar-refractivity contribution in [1.82, 2.24) is 9.97 Å². The van der Waals surface area contributed by atoms with Crippen LogP contribution in [0, 0.1) is 17.7 Å². The summed E-state index contributed by atoms with van der Waals surface area (Å²) in [6.45, 7) is 0.361. The van der Waals surface area contributed by atoms with E-state index in [2.05, 4.69) is 21.8 Å². The SMILES string of the molecule is Cl.Cl.NCc1nc2c(C#Cc3ccc(F)cc3)cccc2[nH]1. The Labute approximate surface area is 140 Å². The zero-order valence-corrected chi connectivity index (χ0v) is 13.1. The molecule has 22 heavy (non-hydrogen) atoms. The van der Waals surface area contributed by atoms with Gasteiger partial charge in [0.2, 0.25) is 0 Å². The summed E-state index contributed by atoms with van der Waals surface area (Å²) in [6, 6.07) is 11.8. The summed E-state index contributed by atoms with van der Waals surface area (Å²) in [4.78, 5) is 7.55. The van der Waals surface area contributed by atoms with Gasteiger partial charge in [0.1, 0.15) is 17.2 Å². The maximum Gasteiger partial charge on any atom is 0.123 e. The Hall–Kier alpha value is -2.06. The predicted molar refractivity (Wildman–Crippen MR) is 90.9 cm³/mol. The molecule has 1 aromatic heterocycles. The van der Waals surface area contributed by atoms with E-state index in [9.17, 15) is 4.39 Å². The van der Waals surface area contributed by atoms with Crippen LogP contribution >= 0.6 is 24.8 Å². The summed E-state index contributed by atoms with van der Waals surface area (Å²) >= 11 is 0. The summed E-state index contributed by atoms with van der Waals surface area (Å²) in [5.41, 5.74) is 8.88. The first-order valence-electron chi connectivity index (χ1n) is 6.21. The molecule has 0 unspecified atom stereocenters. The van der Waals surface area contributed by atoms with Gasteiger partial charge in [0, 0.05) is 5.56 Å². The molecular formula is C16H14Cl2FN3. The van der Waals surface area contributed by atoms with E-state index in [0.29, 0.717) is 6.54 Å².